The van der Waals surface area contributed by atoms with E-state index in [0.717, 1.165) is 0 Å². The van der Waals surface area contributed by atoms with E-state index in [1.54, 1.807) is 29.1 Å². The molecule has 10 nitrogen and oxygen atoms in total. The zero-order valence-corrected chi connectivity index (χ0v) is 14.5. The molecule has 1 aromatic carbocycles. The Hall–Kier alpha value is -3.89. The highest BCUT2D eigenvalue weighted by Gasteiger charge is 2.12. The molecular weight excluding hydrogens is 367 g/mol. The molecule has 0 radical (unpaired) electrons. The first-order chi connectivity index (χ1) is 13.7. The molecule has 4 rings (SSSR count). The number of halogens is 1. The fraction of sp³-hybridized carbons (Fsp3) is 0.176. The summed E-state index contributed by atoms with van der Waals surface area (Å²) in [7, 11) is 0. The molecule has 0 saturated carbocycles. The van der Waals surface area contributed by atoms with Crippen molar-refractivity contribution in [3.8, 4) is 17.3 Å². The Balaban J connectivity index is 1.28. The third-order valence-corrected chi connectivity index (χ3v) is 3.95. The third-order valence-electron chi connectivity index (χ3n) is 3.95. The third kappa shape index (κ3) is 3.92. The summed E-state index contributed by atoms with van der Waals surface area (Å²) < 4.78 is 20.9. The van der Waals surface area contributed by atoms with Crippen LogP contribution in [0.5, 0.6) is 0 Å². The second-order valence-electron chi connectivity index (χ2n) is 5.88. The molecule has 0 fully saturated rings. The number of aryl methyl sites for hydroxylation is 1. The van der Waals surface area contributed by atoms with E-state index in [1.807, 2.05) is 0 Å². The number of amides is 1. The van der Waals surface area contributed by atoms with Gasteiger partial charge in [-0.05, 0) is 17.7 Å². The zero-order chi connectivity index (χ0) is 19.3. The molecule has 0 spiro atoms. The summed E-state index contributed by atoms with van der Waals surface area (Å²) in [6, 6.07) is 4.78. The number of carbonyl (C=O) groups excluding carboxylic acids is 1. The Labute approximate surface area is 157 Å². The van der Waals surface area contributed by atoms with Crippen molar-refractivity contribution in [2.45, 2.75) is 19.4 Å². The number of H-pyrrole nitrogens is 1. The molecule has 0 aliphatic heterocycles. The van der Waals surface area contributed by atoms with Crippen LogP contribution in [0.25, 0.3) is 17.3 Å². The van der Waals surface area contributed by atoms with Crippen LogP contribution >= 0.6 is 0 Å². The van der Waals surface area contributed by atoms with Crippen LogP contribution in [0.1, 0.15) is 17.9 Å². The highest BCUT2D eigenvalue weighted by Crippen LogP contribution is 2.15. The van der Waals surface area contributed by atoms with Gasteiger partial charge in [-0.1, -0.05) is 11.2 Å². The molecule has 0 bridgehead atoms. The Morgan fingerprint density at radius 2 is 2.29 bits per heavy atom. The van der Waals surface area contributed by atoms with Gasteiger partial charge in [0.1, 0.15) is 12.1 Å². The number of aromatic nitrogens is 7. The topological polar surface area (TPSA) is 127 Å². The summed E-state index contributed by atoms with van der Waals surface area (Å²) in [5.74, 6) is 0.383. The molecule has 0 saturated heterocycles. The van der Waals surface area contributed by atoms with Gasteiger partial charge in [-0.3, -0.25) is 9.89 Å². The predicted molar refractivity (Wildman–Crippen MR) is 93.4 cm³/mol. The lowest BCUT2D eigenvalue weighted by atomic mass is 10.2. The minimum absolute atomic E-state index is 0.160. The van der Waals surface area contributed by atoms with Crippen LogP contribution < -0.4 is 5.32 Å². The highest BCUT2D eigenvalue weighted by atomic mass is 19.1. The molecular formula is C17H15FN8O2. The van der Waals surface area contributed by atoms with Crippen LogP contribution in [0.2, 0.25) is 0 Å². The molecule has 4 aromatic rings. The van der Waals surface area contributed by atoms with E-state index in [9.17, 15) is 9.18 Å². The number of hydrogen-bond acceptors (Lipinski definition) is 7. The largest absolute Gasteiger partial charge is 0.352 e. The van der Waals surface area contributed by atoms with Gasteiger partial charge in [-0.2, -0.15) is 10.1 Å². The number of nitrogens with zero attached hydrogens (tertiary/aromatic N) is 6. The van der Waals surface area contributed by atoms with Crippen molar-refractivity contribution in [2.75, 3.05) is 0 Å². The summed E-state index contributed by atoms with van der Waals surface area (Å²) in [5, 5.41) is 12.8. The predicted octanol–water partition coefficient (Wildman–Crippen LogP) is 1.43. The normalized spacial score (nSPS) is 10.9. The first-order valence-corrected chi connectivity index (χ1v) is 8.41. The van der Waals surface area contributed by atoms with Crippen molar-refractivity contribution in [3.05, 3.63) is 60.5 Å². The number of rotatable bonds is 7. The first-order valence-electron chi connectivity index (χ1n) is 8.41. The van der Waals surface area contributed by atoms with E-state index in [-0.39, 0.29) is 31.1 Å². The van der Waals surface area contributed by atoms with E-state index in [1.165, 1.54) is 18.7 Å². The van der Waals surface area contributed by atoms with Gasteiger partial charge in [0.05, 0.1) is 12.0 Å². The average Bonchev–Trinajstić information content (AvgIpc) is 3.46. The van der Waals surface area contributed by atoms with Crippen LogP contribution in [-0.4, -0.2) is 40.8 Å². The Morgan fingerprint density at radius 3 is 3.04 bits per heavy atom. The second kappa shape index (κ2) is 7.78. The summed E-state index contributed by atoms with van der Waals surface area (Å²) in [6.45, 7) is 0.215. The molecule has 2 N–H and O–H groups in total. The van der Waals surface area contributed by atoms with Crippen LogP contribution in [0.3, 0.4) is 0 Å². The van der Waals surface area contributed by atoms with E-state index in [0.29, 0.717) is 23.0 Å². The second-order valence-corrected chi connectivity index (χ2v) is 5.88. The van der Waals surface area contributed by atoms with Gasteiger partial charge < -0.3 is 14.4 Å². The van der Waals surface area contributed by atoms with Crippen molar-refractivity contribution in [1.29, 1.82) is 0 Å². The Morgan fingerprint density at radius 1 is 1.36 bits per heavy atom. The molecule has 0 atom stereocenters. The smallest absolute Gasteiger partial charge is 0.239 e. The number of nitrogens with one attached hydrogen (secondary N) is 2. The van der Waals surface area contributed by atoms with Crippen LogP contribution in [0.15, 0.2) is 47.8 Å². The van der Waals surface area contributed by atoms with Gasteiger partial charge in [-0.15, -0.1) is 0 Å². The molecule has 0 unspecified atom stereocenters. The molecule has 3 heterocycles. The number of hydrogen-bond donors (Lipinski definition) is 2. The lowest BCUT2D eigenvalue weighted by Gasteiger charge is -2.08. The summed E-state index contributed by atoms with van der Waals surface area (Å²) in [6.07, 6.45) is 6.53. The van der Waals surface area contributed by atoms with Gasteiger partial charge in [0.15, 0.2) is 5.82 Å². The van der Waals surface area contributed by atoms with E-state index in [2.05, 4.69) is 35.6 Å². The number of carbonyl (C=O) groups is 1. The fourth-order valence-corrected chi connectivity index (χ4v) is 2.55. The monoisotopic (exact) mass is 382 g/mol. The molecule has 28 heavy (non-hydrogen) atoms. The van der Waals surface area contributed by atoms with Gasteiger partial charge in [-0.25, -0.2) is 14.4 Å². The SMILES string of the molecule is O=C(CCc1nc(-c2ncn[nH]2)no1)NCc1ccc(-n2ccnc2)c(F)c1. The Kier molecular flexibility index (Phi) is 4.87. The van der Waals surface area contributed by atoms with Gasteiger partial charge in [0, 0.05) is 31.8 Å². The minimum Gasteiger partial charge on any atom is -0.352 e. The standard InChI is InChI=1S/C17H15FN8O2/c18-12-7-11(1-2-13(12)26-6-5-19-10-26)8-20-14(27)3-4-15-23-17(25-28-15)16-21-9-22-24-16/h1-2,5-7,9-10H,3-4,8H2,(H,20,27)(H,21,22,24). The number of aromatic amines is 1. The van der Waals surface area contributed by atoms with Crippen molar-refractivity contribution < 1.29 is 13.7 Å². The van der Waals surface area contributed by atoms with Crippen LogP contribution in [0, 0.1) is 5.82 Å². The van der Waals surface area contributed by atoms with Crippen molar-refractivity contribution >= 4 is 5.91 Å². The zero-order valence-electron chi connectivity index (χ0n) is 14.5. The minimum atomic E-state index is -0.393. The number of benzene rings is 1. The Bertz CT molecular complexity index is 1060. The van der Waals surface area contributed by atoms with Crippen LogP contribution in [-0.2, 0) is 17.8 Å². The van der Waals surface area contributed by atoms with Crippen molar-refractivity contribution in [1.82, 2.24) is 40.2 Å². The highest BCUT2D eigenvalue weighted by molar-refractivity contribution is 5.76. The first kappa shape index (κ1) is 17.5. The number of imidazole rings is 1. The molecule has 0 aliphatic rings. The molecule has 11 heteroatoms. The summed E-state index contributed by atoms with van der Waals surface area (Å²) in [5.41, 5.74) is 1.05. The summed E-state index contributed by atoms with van der Waals surface area (Å²) >= 11 is 0. The quantitative estimate of drug-likeness (QED) is 0.495. The molecule has 0 aliphatic carbocycles. The maximum atomic E-state index is 14.2. The lowest BCUT2D eigenvalue weighted by molar-refractivity contribution is -0.121. The fourth-order valence-electron chi connectivity index (χ4n) is 2.55. The molecule has 142 valence electrons. The van der Waals surface area contributed by atoms with E-state index < -0.39 is 5.82 Å². The van der Waals surface area contributed by atoms with E-state index >= 15 is 0 Å². The van der Waals surface area contributed by atoms with Crippen molar-refractivity contribution in [3.63, 3.8) is 0 Å². The van der Waals surface area contributed by atoms with Crippen LogP contribution in [0.4, 0.5) is 4.39 Å². The lowest BCUT2D eigenvalue weighted by Crippen LogP contribution is -2.23. The maximum Gasteiger partial charge on any atom is 0.239 e. The maximum absolute atomic E-state index is 14.2. The van der Waals surface area contributed by atoms with Crippen molar-refractivity contribution in [2.24, 2.45) is 0 Å². The molecule has 3 aromatic heterocycles. The van der Waals surface area contributed by atoms with Gasteiger partial charge >= 0.3 is 0 Å². The molecule has 1 amide bonds. The van der Waals surface area contributed by atoms with Gasteiger partial charge in [0.2, 0.25) is 17.6 Å². The summed E-state index contributed by atoms with van der Waals surface area (Å²) in [4.78, 5) is 24.0. The van der Waals surface area contributed by atoms with Gasteiger partial charge in [0.25, 0.3) is 0 Å². The average molecular weight is 382 g/mol. The van der Waals surface area contributed by atoms with E-state index in [4.69, 9.17) is 4.52 Å².